The lowest BCUT2D eigenvalue weighted by Crippen LogP contribution is -2.20. The van der Waals surface area contributed by atoms with Crippen molar-refractivity contribution < 1.29 is 9.53 Å². The molecule has 4 rings (SSSR count). The first-order valence-corrected chi connectivity index (χ1v) is 9.81. The molecular formula is C22H22ClN3O2. The third kappa shape index (κ3) is 4.04. The summed E-state index contributed by atoms with van der Waals surface area (Å²) in [6.07, 6.45) is 5.49. The van der Waals surface area contributed by atoms with Crippen molar-refractivity contribution in [1.29, 1.82) is 0 Å². The Morgan fingerprint density at radius 2 is 2.04 bits per heavy atom. The van der Waals surface area contributed by atoms with Crippen LogP contribution in [0.2, 0.25) is 5.02 Å². The molecule has 1 amide bonds. The average Bonchev–Trinajstić information content (AvgIpc) is 3.14. The Labute approximate surface area is 169 Å². The molecule has 0 unspecified atom stereocenters. The second-order valence-corrected chi connectivity index (χ2v) is 7.41. The van der Waals surface area contributed by atoms with E-state index < -0.39 is 0 Å². The van der Waals surface area contributed by atoms with Crippen molar-refractivity contribution in [3.63, 3.8) is 0 Å². The Kier molecular flexibility index (Phi) is 5.35. The Hall–Kier alpha value is -2.79. The molecule has 0 saturated heterocycles. The molecule has 1 aliphatic rings. The van der Waals surface area contributed by atoms with E-state index in [0.29, 0.717) is 10.8 Å². The fourth-order valence-corrected chi connectivity index (χ4v) is 3.54. The van der Waals surface area contributed by atoms with Gasteiger partial charge in [0.25, 0.3) is 5.91 Å². The van der Waals surface area contributed by atoms with Gasteiger partial charge in [0.15, 0.2) is 6.61 Å². The zero-order chi connectivity index (χ0) is 19.5. The minimum absolute atomic E-state index is 0.0589. The van der Waals surface area contributed by atoms with Crippen LogP contribution >= 0.6 is 11.6 Å². The van der Waals surface area contributed by atoms with E-state index >= 15 is 0 Å². The van der Waals surface area contributed by atoms with Crippen LogP contribution in [0, 0.1) is 6.92 Å². The zero-order valence-electron chi connectivity index (χ0n) is 15.7. The molecule has 1 aromatic heterocycles. The topological polar surface area (TPSA) is 56.1 Å². The van der Waals surface area contributed by atoms with Crippen LogP contribution in [-0.2, 0) is 17.8 Å². The summed E-state index contributed by atoms with van der Waals surface area (Å²) in [5, 5.41) is 3.53. The van der Waals surface area contributed by atoms with Gasteiger partial charge in [-0.3, -0.25) is 4.79 Å². The van der Waals surface area contributed by atoms with E-state index in [-0.39, 0.29) is 12.5 Å². The van der Waals surface area contributed by atoms with Crippen LogP contribution in [0.4, 0.5) is 5.69 Å². The van der Waals surface area contributed by atoms with Gasteiger partial charge < -0.3 is 14.6 Å². The third-order valence-corrected chi connectivity index (χ3v) is 5.35. The van der Waals surface area contributed by atoms with Gasteiger partial charge in [-0.2, -0.15) is 0 Å². The second-order valence-electron chi connectivity index (χ2n) is 7.01. The molecule has 0 aliphatic carbocycles. The van der Waals surface area contributed by atoms with Gasteiger partial charge in [-0.1, -0.05) is 11.6 Å². The van der Waals surface area contributed by atoms with Gasteiger partial charge in [0.1, 0.15) is 11.6 Å². The van der Waals surface area contributed by atoms with Crippen LogP contribution in [0.3, 0.4) is 0 Å². The normalized spacial score (nSPS) is 13.1. The molecule has 2 heterocycles. The number of nitrogens with zero attached hydrogens (tertiary/aromatic N) is 2. The van der Waals surface area contributed by atoms with Crippen LogP contribution < -0.4 is 10.1 Å². The summed E-state index contributed by atoms with van der Waals surface area (Å²) in [5.74, 6) is 1.41. The number of amides is 1. The summed E-state index contributed by atoms with van der Waals surface area (Å²) in [7, 11) is 0. The van der Waals surface area contributed by atoms with Crippen LogP contribution in [-0.4, -0.2) is 22.1 Å². The van der Waals surface area contributed by atoms with Gasteiger partial charge in [-0.05, 0) is 74.2 Å². The number of hydrogen-bond acceptors (Lipinski definition) is 3. The van der Waals surface area contributed by atoms with Crippen molar-refractivity contribution in [3.05, 3.63) is 64.9 Å². The first-order chi connectivity index (χ1) is 13.6. The fraction of sp³-hybridized carbons (Fsp3) is 0.273. The molecule has 0 spiro atoms. The van der Waals surface area contributed by atoms with Crippen molar-refractivity contribution in [1.82, 2.24) is 9.55 Å². The number of imidazole rings is 1. The number of nitrogens with one attached hydrogen (secondary N) is 1. The van der Waals surface area contributed by atoms with Gasteiger partial charge in [-0.15, -0.1) is 0 Å². The van der Waals surface area contributed by atoms with Gasteiger partial charge in [0, 0.05) is 34.7 Å². The van der Waals surface area contributed by atoms with Crippen LogP contribution in [0.25, 0.3) is 11.4 Å². The molecule has 144 valence electrons. The predicted molar refractivity (Wildman–Crippen MR) is 111 cm³/mol. The number of halogens is 1. The highest BCUT2D eigenvalue weighted by Gasteiger charge is 2.15. The van der Waals surface area contributed by atoms with E-state index in [1.807, 2.05) is 43.5 Å². The number of hydrogen-bond donors (Lipinski definition) is 1. The maximum absolute atomic E-state index is 12.2. The van der Waals surface area contributed by atoms with Crippen molar-refractivity contribution in [3.8, 4) is 17.1 Å². The molecule has 1 N–H and O–H groups in total. The summed E-state index contributed by atoms with van der Waals surface area (Å²) in [6, 6.07) is 13.1. The quantitative estimate of drug-likeness (QED) is 0.670. The highest BCUT2D eigenvalue weighted by atomic mass is 35.5. The maximum atomic E-state index is 12.2. The molecule has 0 radical (unpaired) electrons. The number of carbonyl (C=O) groups excluding carboxylic acids is 1. The number of rotatable bonds is 5. The molecule has 5 nitrogen and oxygen atoms in total. The first-order valence-electron chi connectivity index (χ1n) is 9.44. The van der Waals surface area contributed by atoms with E-state index in [9.17, 15) is 4.79 Å². The Bertz CT molecular complexity index is 996. The Morgan fingerprint density at radius 3 is 2.82 bits per heavy atom. The number of ether oxygens (including phenoxy) is 1. The number of fused-ring (bicyclic) bond motifs is 1. The molecule has 1 aliphatic heterocycles. The monoisotopic (exact) mass is 395 g/mol. The van der Waals surface area contributed by atoms with E-state index in [1.54, 1.807) is 12.1 Å². The SMILES string of the molecule is Cc1cc(OCC(=O)Nc2ccc(-c3ncc4n3CCCC4)cc2)ccc1Cl. The Morgan fingerprint density at radius 1 is 1.21 bits per heavy atom. The zero-order valence-corrected chi connectivity index (χ0v) is 16.5. The first kappa shape index (κ1) is 18.6. The Balaban J connectivity index is 1.37. The molecule has 0 fully saturated rings. The van der Waals surface area contributed by atoms with E-state index in [2.05, 4.69) is 14.9 Å². The molecule has 0 saturated carbocycles. The van der Waals surface area contributed by atoms with Crippen LogP contribution in [0.1, 0.15) is 24.1 Å². The van der Waals surface area contributed by atoms with Crippen molar-refractivity contribution >= 4 is 23.2 Å². The molecule has 3 aromatic rings. The van der Waals surface area contributed by atoms with Crippen LogP contribution in [0.5, 0.6) is 5.75 Å². The lowest BCUT2D eigenvalue weighted by molar-refractivity contribution is -0.118. The lowest BCUT2D eigenvalue weighted by atomic mass is 10.1. The maximum Gasteiger partial charge on any atom is 0.262 e. The minimum atomic E-state index is -0.210. The lowest BCUT2D eigenvalue weighted by Gasteiger charge is -2.16. The second kappa shape index (κ2) is 8.07. The number of aromatic nitrogens is 2. The third-order valence-electron chi connectivity index (χ3n) is 4.93. The number of anilines is 1. The summed E-state index contributed by atoms with van der Waals surface area (Å²) < 4.78 is 7.83. The summed E-state index contributed by atoms with van der Waals surface area (Å²) in [5.41, 5.74) is 4.00. The highest BCUT2D eigenvalue weighted by molar-refractivity contribution is 6.31. The molecular weight excluding hydrogens is 374 g/mol. The fourth-order valence-electron chi connectivity index (χ4n) is 3.42. The standard InChI is InChI=1S/C22H22ClN3O2/c1-15-12-19(9-10-20(15)23)28-14-21(27)25-17-7-5-16(6-8-17)22-24-13-18-4-2-3-11-26(18)22/h5-10,12-13H,2-4,11,14H2,1H3,(H,25,27). The molecule has 28 heavy (non-hydrogen) atoms. The largest absolute Gasteiger partial charge is 0.484 e. The average molecular weight is 396 g/mol. The van der Waals surface area contributed by atoms with Gasteiger partial charge in [0.2, 0.25) is 0 Å². The van der Waals surface area contributed by atoms with E-state index in [4.69, 9.17) is 16.3 Å². The van der Waals surface area contributed by atoms with Crippen molar-refractivity contribution in [2.24, 2.45) is 0 Å². The minimum Gasteiger partial charge on any atom is -0.484 e. The number of carbonyl (C=O) groups is 1. The van der Waals surface area contributed by atoms with Gasteiger partial charge in [-0.25, -0.2) is 4.98 Å². The number of benzene rings is 2. The molecule has 2 aromatic carbocycles. The van der Waals surface area contributed by atoms with Crippen molar-refractivity contribution in [2.45, 2.75) is 32.7 Å². The van der Waals surface area contributed by atoms with E-state index in [0.717, 1.165) is 35.6 Å². The molecule has 0 bridgehead atoms. The molecule has 0 atom stereocenters. The smallest absolute Gasteiger partial charge is 0.262 e. The summed E-state index contributed by atoms with van der Waals surface area (Å²) in [4.78, 5) is 16.7. The predicted octanol–water partition coefficient (Wildman–Crippen LogP) is 4.87. The van der Waals surface area contributed by atoms with Crippen LogP contribution in [0.15, 0.2) is 48.7 Å². The van der Waals surface area contributed by atoms with E-state index in [1.165, 1.54) is 18.5 Å². The summed E-state index contributed by atoms with van der Waals surface area (Å²) in [6.45, 7) is 2.86. The summed E-state index contributed by atoms with van der Waals surface area (Å²) >= 11 is 6.00. The van der Waals surface area contributed by atoms with Crippen molar-refractivity contribution in [2.75, 3.05) is 11.9 Å². The van der Waals surface area contributed by atoms with Gasteiger partial charge in [0.05, 0.1) is 0 Å². The highest BCUT2D eigenvalue weighted by Crippen LogP contribution is 2.25. The number of aryl methyl sites for hydroxylation is 2. The van der Waals surface area contributed by atoms with Gasteiger partial charge >= 0.3 is 0 Å². The molecule has 6 heteroatoms.